The van der Waals surface area contributed by atoms with Crippen LogP contribution in [-0.4, -0.2) is 19.2 Å². The molecule has 1 amide bonds. The minimum atomic E-state index is -0.314. The number of carbonyl (C=O) groups excluding carboxylic acids is 1. The molecule has 0 fully saturated rings. The first kappa shape index (κ1) is 16.5. The maximum absolute atomic E-state index is 13.6. The van der Waals surface area contributed by atoms with Gasteiger partial charge in [0.15, 0.2) is 11.5 Å². The van der Waals surface area contributed by atoms with E-state index in [2.05, 4.69) is 10.5 Å². The SMILES string of the molecule is COc1cc(/C=N/NC(C)=O)ccc1OCc1ccccc1F. The van der Waals surface area contributed by atoms with E-state index in [9.17, 15) is 9.18 Å². The largest absolute Gasteiger partial charge is 0.493 e. The Balaban J connectivity index is 2.09. The third kappa shape index (κ3) is 4.81. The molecule has 0 aliphatic heterocycles. The molecule has 5 nitrogen and oxygen atoms in total. The fraction of sp³-hybridized carbons (Fsp3) is 0.176. The summed E-state index contributed by atoms with van der Waals surface area (Å²) in [6.07, 6.45) is 1.49. The molecule has 0 radical (unpaired) electrons. The van der Waals surface area contributed by atoms with E-state index in [1.807, 2.05) is 0 Å². The molecule has 2 aromatic rings. The van der Waals surface area contributed by atoms with Crippen molar-refractivity contribution in [1.29, 1.82) is 0 Å². The number of amides is 1. The highest BCUT2D eigenvalue weighted by atomic mass is 19.1. The highest BCUT2D eigenvalue weighted by molar-refractivity contribution is 5.82. The Hall–Kier alpha value is -2.89. The summed E-state index contributed by atoms with van der Waals surface area (Å²) in [5, 5.41) is 3.78. The quantitative estimate of drug-likeness (QED) is 0.658. The predicted octanol–water partition coefficient (Wildman–Crippen LogP) is 2.88. The van der Waals surface area contributed by atoms with E-state index < -0.39 is 0 Å². The van der Waals surface area contributed by atoms with E-state index in [0.717, 1.165) is 5.56 Å². The number of benzene rings is 2. The summed E-state index contributed by atoms with van der Waals surface area (Å²) in [7, 11) is 1.51. The Morgan fingerprint density at radius 3 is 2.74 bits per heavy atom. The molecule has 0 aliphatic carbocycles. The van der Waals surface area contributed by atoms with Crippen molar-refractivity contribution in [2.24, 2.45) is 5.10 Å². The van der Waals surface area contributed by atoms with Crippen LogP contribution < -0.4 is 14.9 Å². The molecule has 1 N–H and O–H groups in total. The summed E-state index contributed by atoms with van der Waals surface area (Å²) in [5.41, 5.74) is 3.51. The standard InChI is InChI=1S/C17H17FN2O3/c1-12(21)20-19-10-13-7-8-16(17(9-13)22-2)23-11-14-5-3-4-6-15(14)18/h3-10H,11H2,1-2H3,(H,20,21)/b19-10+. The summed E-state index contributed by atoms with van der Waals surface area (Å²) >= 11 is 0. The Labute approximate surface area is 133 Å². The van der Waals surface area contributed by atoms with Crippen LogP contribution in [0.5, 0.6) is 11.5 Å². The number of nitrogens with one attached hydrogen (secondary N) is 1. The lowest BCUT2D eigenvalue weighted by molar-refractivity contribution is -0.118. The monoisotopic (exact) mass is 316 g/mol. The third-order valence-electron chi connectivity index (χ3n) is 2.96. The number of rotatable bonds is 6. The fourth-order valence-electron chi connectivity index (χ4n) is 1.85. The van der Waals surface area contributed by atoms with Gasteiger partial charge in [-0.1, -0.05) is 18.2 Å². The predicted molar refractivity (Wildman–Crippen MR) is 85.1 cm³/mol. The molecule has 0 heterocycles. The van der Waals surface area contributed by atoms with Gasteiger partial charge in [-0.05, 0) is 29.8 Å². The van der Waals surface area contributed by atoms with E-state index in [1.165, 1.54) is 26.3 Å². The summed E-state index contributed by atoms with van der Waals surface area (Å²) in [6, 6.07) is 11.6. The lowest BCUT2D eigenvalue weighted by Crippen LogP contribution is -2.12. The maximum atomic E-state index is 13.6. The number of halogens is 1. The zero-order valence-electron chi connectivity index (χ0n) is 12.9. The van der Waals surface area contributed by atoms with Crippen molar-refractivity contribution in [3.05, 3.63) is 59.4 Å². The van der Waals surface area contributed by atoms with E-state index in [1.54, 1.807) is 36.4 Å². The first-order valence-corrected chi connectivity index (χ1v) is 6.94. The average Bonchev–Trinajstić information content (AvgIpc) is 2.54. The van der Waals surface area contributed by atoms with Gasteiger partial charge in [0.05, 0.1) is 13.3 Å². The van der Waals surface area contributed by atoms with Crippen molar-refractivity contribution in [3.63, 3.8) is 0 Å². The smallest absolute Gasteiger partial charge is 0.236 e. The molecule has 0 unspecified atom stereocenters. The molecule has 0 saturated heterocycles. The summed E-state index contributed by atoms with van der Waals surface area (Å²) in [6.45, 7) is 1.47. The molecule has 0 aliphatic rings. The normalized spacial score (nSPS) is 10.6. The Kier molecular flexibility index (Phi) is 5.68. The van der Waals surface area contributed by atoms with Gasteiger partial charge >= 0.3 is 0 Å². The van der Waals surface area contributed by atoms with Gasteiger partial charge in [-0.3, -0.25) is 4.79 Å². The molecule has 0 aromatic heterocycles. The van der Waals surface area contributed by atoms with Crippen LogP contribution in [0.2, 0.25) is 0 Å². The van der Waals surface area contributed by atoms with Crippen molar-refractivity contribution < 1.29 is 18.7 Å². The van der Waals surface area contributed by atoms with Gasteiger partial charge in [0.1, 0.15) is 12.4 Å². The molecule has 2 aromatic carbocycles. The Bertz CT molecular complexity index is 717. The van der Waals surface area contributed by atoms with E-state index >= 15 is 0 Å². The molecule has 2 rings (SSSR count). The second-order valence-corrected chi connectivity index (χ2v) is 4.72. The van der Waals surface area contributed by atoms with Gasteiger partial charge in [-0.25, -0.2) is 9.82 Å². The number of carbonyl (C=O) groups is 1. The van der Waals surface area contributed by atoms with Crippen LogP contribution in [0.4, 0.5) is 4.39 Å². The minimum Gasteiger partial charge on any atom is -0.493 e. The van der Waals surface area contributed by atoms with Gasteiger partial charge in [0.2, 0.25) is 5.91 Å². The highest BCUT2D eigenvalue weighted by Gasteiger charge is 2.07. The number of nitrogens with zero attached hydrogens (tertiary/aromatic N) is 1. The van der Waals surface area contributed by atoms with Crippen LogP contribution in [-0.2, 0) is 11.4 Å². The molecule has 0 saturated carbocycles. The van der Waals surface area contributed by atoms with Crippen LogP contribution in [0.25, 0.3) is 0 Å². The molecule has 6 heteroatoms. The van der Waals surface area contributed by atoms with E-state index in [-0.39, 0.29) is 18.3 Å². The van der Waals surface area contributed by atoms with Gasteiger partial charge < -0.3 is 9.47 Å². The molecular weight excluding hydrogens is 299 g/mol. The van der Waals surface area contributed by atoms with Crippen LogP contribution >= 0.6 is 0 Å². The lowest BCUT2D eigenvalue weighted by Gasteiger charge is -2.11. The number of methoxy groups -OCH3 is 1. The molecule has 0 atom stereocenters. The second kappa shape index (κ2) is 7.93. The van der Waals surface area contributed by atoms with Crippen LogP contribution in [0.15, 0.2) is 47.6 Å². The highest BCUT2D eigenvalue weighted by Crippen LogP contribution is 2.28. The van der Waals surface area contributed by atoms with Gasteiger partial charge in [0.25, 0.3) is 0 Å². The van der Waals surface area contributed by atoms with E-state index in [0.29, 0.717) is 17.1 Å². The molecule has 0 spiro atoms. The average molecular weight is 316 g/mol. The van der Waals surface area contributed by atoms with E-state index in [4.69, 9.17) is 9.47 Å². The molecule has 0 bridgehead atoms. The zero-order valence-corrected chi connectivity index (χ0v) is 12.9. The van der Waals surface area contributed by atoms with Crippen LogP contribution in [0, 0.1) is 5.82 Å². The number of hydrazone groups is 1. The van der Waals surface area contributed by atoms with Crippen LogP contribution in [0.1, 0.15) is 18.1 Å². The van der Waals surface area contributed by atoms with Crippen molar-refractivity contribution >= 4 is 12.1 Å². The van der Waals surface area contributed by atoms with Crippen molar-refractivity contribution in [1.82, 2.24) is 5.43 Å². The third-order valence-corrected chi connectivity index (χ3v) is 2.96. The second-order valence-electron chi connectivity index (χ2n) is 4.72. The Morgan fingerprint density at radius 1 is 1.26 bits per heavy atom. The number of hydrogen-bond donors (Lipinski definition) is 1. The van der Waals surface area contributed by atoms with Gasteiger partial charge in [0, 0.05) is 12.5 Å². The molecular formula is C17H17FN2O3. The summed E-state index contributed by atoms with van der Waals surface area (Å²) in [4.78, 5) is 10.8. The van der Waals surface area contributed by atoms with Crippen molar-refractivity contribution in [2.75, 3.05) is 7.11 Å². The zero-order chi connectivity index (χ0) is 16.7. The van der Waals surface area contributed by atoms with Gasteiger partial charge in [-0.15, -0.1) is 0 Å². The van der Waals surface area contributed by atoms with Crippen molar-refractivity contribution in [3.8, 4) is 11.5 Å². The maximum Gasteiger partial charge on any atom is 0.236 e. The van der Waals surface area contributed by atoms with Crippen molar-refractivity contribution in [2.45, 2.75) is 13.5 Å². The minimum absolute atomic E-state index is 0.0996. The number of hydrogen-bond acceptors (Lipinski definition) is 4. The number of ether oxygens (including phenoxy) is 2. The molecule has 120 valence electrons. The van der Waals surface area contributed by atoms with Gasteiger partial charge in [-0.2, -0.15) is 5.10 Å². The first-order valence-electron chi connectivity index (χ1n) is 6.94. The fourth-order valence-corrected chi connectivity index (χ4v) is 1.85. The summed E-state index contributed by atoms with van der Waals surface area (Å²) < 4.78 is 24.5. The molecule has 23 heavy (non-hydrogen) atoms. The topological polar surface area (TPSA) is 59.9 Å². The van der Waals surface area contributed by atoms with Crippen LogP contribution in [0.3, 0.4) is 0 Å². The Morgan fingerprint density at radius 2 is 2.04 bits per heavy atom. The first-order chi connectivity index (χ1) is 11.1. The lowest BCUT2D eigenvalue weighted by atomic mass is 10.2. The summed E-state index contributed by atoms with van der Waals surface area (Å²) in [5.74, 6) is 0.420.